The van der Waals surface area contributed by atoms with Gasteiger partial charge in [0.1, 0.15) is 17.7 Å². The predicted octanol–water partition coefficient (Wildman–Crippen LogP) is 7.37. The smallest absolute Gasteiger partial charge is 0.407 e. The van der Waals surface area contributed by atoms with Crippen molar-refractivity contribution < 1.29 is 14.3 Å². The summed E-state index contributed by atoms with van der Waals surface area (Å²) in [5.74, 6) is 1.51. The summed E-state index contributed by atoms with van der Waals surface area (Å²) >= 11 is 0. The van der Waals surface area contributed by atoms with E-state index >= 15 is 0 Å². The van der Waals surface area contributed by atoms with E-state index in [4.69, 9.17) is 9.72 Å². The molecule has 11 nitrogen and oxygen atoms in total. The summed E-state index contributed by atoms with van der Waals surface area (Å²) < 4.78 is 4.79. The molecule has 0 aliphatic carbocycles. The molecule has 0 radical (unpaired) electrons. The number of nitrogens with one attached hydrogen (secondary N) is 4. The third-order valence-electron chi connectivity index (χ3n) is 10.1. The molecule has 3 atom stereocenters. The van der Waals surface area contributed by atoms with Crippen molar-refractivity contribution in [2.75, 3.05) is 32.1 Å². The number of aromatic amines is 2. The van der Waals surface area contributed by atoms with E-state index in [1.165, 1.54) is 13.5 Å². The number of carbonyl (C=O) groups excluding carboxylic acids is 2. The molecule has 51 heavy (non-hydrogen) atoms. The van der Waals surface area contributed by atoms with Crippen LogP contribution in [0, 0.1) is 5.92 Å². The number of methoxy groups -OCH3 is 1. The number of alkyl carbamates (subject to hydrolysis) is 1. The minimum Gasteiger partial charge on any atom is -0.453 e. The summed E-state index contributed by atoms with van der Waals surface area (Å²) in [4.78, 5) is 46.2. The second-order valence-corrected chi connectivity index (χ2v) is 13.8. The van der Waals surface area contributed by atoms with E-state index < -0.39 is 12.1 Å². The number of hydrogen-bond acceptors (Lipinski definition) is 7. The van der Waals surface area contributed by atoms with Crippen molar-refractivity contribution >= 4 is 23.4 Å². The Labute approximate surface area is 298 Å². The number of carbonyl (C=O) groups is 2. The highest BCUT2D eigenvalue weighted by atomic mass is 16.5. The molecule has 4 N–H and O–H groups in total. The molecule has 3 aromatic carbocycles. The van der Waals surface area contributed by atoms with Crippen molar-refractivity contribution in [3.8, 4) is 33.6 Å². The van der Waals surface area contributed by atoms with Gasteiger partial charge in [-0.2, -0.15) is 0 Å². The van der Waals surface area contributed by atoms with Gasteiger partial charge in [-0.3, -0.25) is 4.79 Å². The average Bonchev–Trinajstić information content (AvgIpc) is 4.00. The number of H-pyrrole nitrogens is 2. The fourth-order valence-corrected chi connectivity index (χ4v) is 7.26. The fourth-order valence-electron chi connectivity index (χ4n) is 7.26. The number of nitrogens with zero attached hydrogens (tertiary/aromatic N) is 4. The largest absolute Gasteiger partial charge is 0.453 e. The summed E-state index contributed by atoms with van der Waals surface area (Å²) in [6, 6.07) is 24.8. The van der Waals surface area contributed by atoms with E-state index in [0.717, 1.165) is 82.5 Å². The second-order valence-electron chi connectivity index (χ2n) is 13.8. The zero-order valence-corrected chi connectivity index (χ0v) is 29.6. The molecule has 0 spiro atoms. The van der Waals surface area contributed by atoms with Gasteiger partial charge in [0.2, 0.25) is 5.91 Å². The van der Waals surface area contributed by atoms with Gasteiger partial charge in [-0.25, -0.2) is 14.8 Å². The fraction of sp³-hybridized carbons (Fsp3) is 0.350. The maximum absolute atomic E-state index is 13.7. The van der Waals surface area contributed by atoms with Crippen LogP contribution in [-0.2, 0) is 9.53 Å². The third kappa shape index (κ3) is 7.12. The first-order valence-corrected chi connectivity index (χ1v) is 17.8. The van der Waals surface area contributed by atoms with Gasteiger partial charge in [0.25, 0.3) is 0 Å². The summed E-state index contributed by atoms with van der Waals surface area (Å²) in [6.45, 7) is 5.47. The lowest BCUT2D eigenvalue weighted by Gasteiger charge is -2.30. The molecular weight excluding hydrogens is 640 g/mol. The standard InChI is InChI=1S/C40H46N8O3/c1-25(2)36(46-40(50)51-4)39(49)48-21-9-13-34(48)38-43-24-33(45-38)28-18-19-30(35(22-28)47(3)29-10-6-5-7-11-29)26-14-16-27(17-15-26)32-23-42-37(44-32)31-12-8-20-41-31/h5-7,10-11,14-19,22-25,31,34,36,41H,8-9,12-13,20-21H2,1-4H3,(H,42,44)(H,43,45)(H,46,50)/t31-,34-,36-/m0/s1. The monoisotopic (exact) mass is 686 g/mol. The zero-order valence-electron chi connectivity index (χ0n) is 29.6. The van der Waals surface area contributed by atoms with E-state index in [0.29, 0.717) is 12.6 Å². The van der Waals surface area contributed by atoms with Crippen LogP contribution in [0.5, 0.6) is 0 Å². The van der Waals surface area contributed by atoms with Crippen LogP contribution in [0.4, 0.5) is 16.2 Å². The molecule has 0 saturated carbocycles. The number of aromatic nitrogens is 4. The highest BCUT2D eigenvalue weighted by Crippen LogP contribution is 2.39. The number of hydrogen-bond donors (Lipinski definition) is 4. The van der Waals surface area contributed by atoms with Gasteiger partial charge < -0.3 is 35.1 Å². The van der Waals surface area contributed by atoms with Crippen LogP contribution in [0.15, 0.2) is 85.2 Å². The maximum Gasteiger partial charge on any atom is 0.407 e. The number of likely N-dealkylation sites (tertiary alicyclic amines) is 1. The Bertz CT molecular complexity index is 1960. The van der Waals surface area contributed by atoms with E-state index in [9.17, 15) is 9.59 Å². The Morgan fingerprint density at radius 3 is 2.27 bits per heavy atom. The molecule has 0 bridgehead atoms. The van der Waals surface area contributed by atoms with Crippen molar-refractivity contribution in [3.05, 3.63) is 96.8 Å². The van der Waals surface area contributed by atoms with Crippen LogP contribution in [0.1, 0.15) is 63.3 Å². The van der Waals surface area contributed by atoms with Gasteiger partial charge in [-0.05, 0) is 67.5 Å². The van der Waals surface area contributed by atoms with Crippen molar-refractivity contribution in [1.29, 1.82) is 0 Å². The molecule has 2 aliphatic heterocycles. The lowest BCUT2D eigenvalue weighted by Crippen LogP contribution is -2.51. The first-order chi connectivity index (χ1) is 24.8. The number of imidazole rings is 2. The SMILES string of the molecule is COC(=O)N[C@H](C(=O)N1CCC[C@H]1c1ncc(-c2ccc(-c3ccc(-c4cnc([C@@H]5CCCN5)[nH]4)cc3)c(N(C)c3ccccc3)c2)[nH]1)C(C)C. The average molecular weight is 687 g/mol. The lowest BCUT2D eigenvalue weighted by atomic mass is 9.98. The predicted molar refractivity (Wildman–Crippen MR) is 199 cm³/mol. The molecule has 4 heterocycles. The van der Waals surface area contributed by atoms with Crippen molar-refractivity contribution in [2.24, 2.45) is 5.92 Å². The summed E-state index contributed by atoms with van der Waals surface area (Å²) in [6.07, 6.45) is 7.08. The van der Waals surface area contributed by atoms with Gasteiger partial charge in [-0.15, -0.1) is 0 Å². The summed E-state index contributed by atoms with van der Waals surface area (Å²) in [7, 11) is 3.39. The lowest BCUT2D eigenvalue weighted by molar-refractivity contribution is -0.135. The quantitative estimate of drug-likeness (QED) is 0.121. The van der Waals surface area contributed by atoms with Crippen LogP contribution in [0.2, 0.25) is 0 Å². The van der Waals surface area contributed by atoms with Crippen LogP contribution < -0.4 is 15.5 Å². The Hall–Kier alpha value is -5.42. The van der Waals surface area contributed by atoms with Crippen LogP contribution in [0.25, 0.3) is 33.6 Å². The van der Waals surface area contributed by atoms with Gasteiger partial charge in [-0.1, -0.05) is 68.4 Å². The Balaban J connectivity index is 1.17. The topological polar surface area (TPSA) is 131 Å². The Kier molecular flexibility index (Phi) is 9.90. The van der Waals surface area contributed by atoms with Gasteiger partial charge >= 0.3 is 6.09 Å². The molecule has 2 fully saturated rings. The molecule has 2 saturated heterocycles. The molecule has 264 valence electrons. The zero-order chi connectivity index (χ0) is 35.5. The van der Waals surface area contributed by atoms with Crippen molar-refractivity contribution in [1.82, 2.24) is 35.5 Å². The Morgan fingerprint density at radius 1 is 0.882 bits per heavy atom. The van der Waals surface area contributed by atoms with E-state index in [-0.39, 0.29) is 17.9 Å². The summed E-state index contributed by atoms with van der Waals surface area (Å²) in [5, 5.41) is 6.24. The number of rotatable bonds is 10. The first kappa shape index (κ1) is 34.0. The van der Waals surface area contributed by atoms with E-state index in [1.807, 2.05) is 49.3 Å². The molecule has 2 aromatic heterocycles. The van der Waals surface area contributed by atoms with Crippen molar-refractivity contribution in [3.63, 3.8) is 0 Å². The number of benzene rings is 3. The first-order valence-electron chi connectivity index (χ1n) is 17.8. The van der Waals surface area contributed by atoms with Crippen LogP contribution in [0.3, 0.4) is 0 Å². The molecule has 7 rings (SSSR count). The minimum atomic E-state index is -0.684. The summed E-state index contributed by atoms with van der Waals surface area (Å²) in [5.41, 5.74) is 8.28. The third-order valence-corrected chi connectivity index (χ3v) is 10.1. The number of anilines is 2. The number of ether oxygens (including phenoxy) is 1. The van der Waals surface area contributed by atoms with E-state index in [2.05, 4.69) is 92.1 Å². The molecule has 2 aliphatic rings. The molecule has 11 heteroatoms. The van der Waals surface area contributed by atoms with Crippen LogP contribution >= 0.6 is 0 Å². The number of amides is 2. The minimum absolute atomic E-state index is 0.0998. The van der Waals surface area contributed by atoms with Crippen LogP contribution in [-0.4, -0.2) is 70.1 Å². The molecule has 5 aromatic rings. The maximum atomic E-state index is 13.7. The van der Waals surface area contributed by atoms with E-state index in [1.54, 1.807) is 0 Å². The van der Waals surface area contributed by atoms with Gasteiger partial charge in [0, 0.05) is 36.1 Å². The molecular formula is C40H46N8O3. The normalized spacial score (nSPS) is 17.9. The van der Waals surface area contributed by atoms with Gasteiger partial charge in [0.05, 0.1) is 43.0 Å². The second kappa shape index (κ2) is 14.8. The van der Waals surface area contributed by atoms with Gasteiger partial charge in [0.15, 0.2) is 0 Å². The number of para-hydroxylation sites is 1. The molecule has 0 unspecified atom stereocenters. The molecule has 2 amide bonds. The highest BCUT2D eigenvalue weighted by Gasteiger charge is 2.37. The Morgan fingerprint density at radius 2 is 1.57 bits per heavy atom. The highest BCUT2D eigenvalue weighted by molar-refractivity contribution is 5.87. The van der Waals surface area contributed by atoms with Crippen molar-refractivity contribution in [2.45, 2.75) is 57.7 Å².